The number of fused-ring (bicyclic) bond motifs is 1. The molecule has 3 aromatic carbocycles. The van der Waals surface area contributed by atoms with E-state index in [9.17, 15) is 4.79 Å². The Hall–Kier alpha value is -3.01. The molecule has 28 heavy (non-hydrogen) atoms. The van der Waals surface area contributed by atoms with Crippen LogP contribution in [0.4, 0.5) is 0 Å². The summed E-state index contributed by atoms with van der Waals surface area (Å²) in [6, 6.07) is 20.4. The first-order valence-corrected chi connectivity index (χ1v) is 9.68. The Morgan fingerprint density at radius 3 is 2.61 bits per heavy atom. The second-order valence-electron chi connectivity index (χ2n) is 7.21. The predicted molar refractivity (Wildman–Crippen MR) is 111 cm³/mol. The van der Waals surface area contributed by atoms with Gasteiger partial charge in [0, 0.05) is 18.2 Å². The third-order valence-electron chi connectivity index (χ3n) is 5.54. The first-order valence-electron chi connectivity index (χ1n) is 9.68. The summed E-state index contributed by atoms with van der Waals surface area (Å²) in [6.07, 6.45) is 2.37. The van der Waals surface area contributed by atoms with Crippen molar-refractivity contribution in [1.29, 1.82) is 0 Å². The summed E-state index contributed by atoms with van der Waals surface area (Å²) in [4.78, 5) is 15.1. The number of carbonyl (C=O) groups excluding carboxylic acids is 1. The molecule has 0 N–H and O–H groups in total. The number of hydrogen-bond acceptors (Lipinski definition) is 3. The highest BCUT2D eigenvalue weighted by atomic mass is 16.5. The van der Waals surface area contributed by atoms with Crippen LogP contribution >= 0.6 is 0 Å². The first kappa shape index (κ1) is 18.4. The molecule has 0 saturated carbocycles. The molecule has 1 unspecified atom stereocenters. The molecular formula is C24H25NO3. The van der Waals surface area contributed by atoms with E-state index < -0.39 is 0 Å². The topological polar surface area (TPSA) is 38.8 Å². The van der Waals surface area contributed by atoms with Crippen molar-refractivity contribution in [1.82, 2.24) is 4.90 Å². The van der Waals surface area contributed by atoms with Crippen molar-refractivity contribution in [3.8, 4) is 11.5 Å². The third kappa shape index (κ3) is 3.55. The summed E-state index contributed by atoms with van der Waals surface area (Å²) in [5.74, 6) is 1.69. The lowest BCUT2D eigenvalue weighted by Crippen LogP contribution is -2.32. The average Bonchev–Trinajstić information content (AvgIpc) is 3.23. The molecular weight excluding hydrogens is 350 g/mol. The SMILES string of the molecule is COc1ccc(C2CCCN2C(=O)Cc2ccc3ccccc3c2)c(OC)c1. The first-order chi connectivity index (χ1) is 13.7. The van der Waals surface area contributed by atoms with Gasteiger partial charge in [0.25, 0.3) is 0 Å². The maximum absolute atomic E-state index is 13.1. The van der Waals surface area contributed by atoms with Gasteiger partial charge in [0.15, 0.2) is 0 Å². The standard InChI is InChI=1S/C24H25NO3/c1-27-20-11-12-21(23(16-20)28-2)22-8-5-13-25(22)24(26)15-17-9-10-18-6-3-4-7-19(18)14-17/h3-4,6-7,9-12,14,16,22H,5,8,13,15H2,1-2H3. The normalized spacial score (nSPS) is 16.4. The molecule has 0 aliphatic carbocycles. The van der Waals surface area contributed by atoms with E-state index in [1.807, 2.05) is 35.2 Å². The molecule has 1 aliphatic rings. The second kappa shape index (κ2) is 7.93. The van der Waals surface area contributed by atoms with Crippen LogP contribution in [0.2, 0.25) is 0 Å². The van der Waals surface area contributed by atoms with E-state index in [0.29, 0.717) is 6.42 Å². The molecule has 1 saturated heterocycles. The van der Waals surface area contributed by atoms with Crippen LogP contribution in [0.3, 0.4) is 0 Å². The van der Waals surface area contributed by atoms with Crippen LogP contribution in [-0.2, 0) is 11.2 Å². The van der Waals surface area contributed by atoms with Crippen LogP contribution in [-0.4, -0.2) is 31.6 Å². The Labute approximate surface area is 165 Å². The molecule has 0 spiro atoms. The van der Waals surface area contributed by atoms with Gasteiger partial charge in [-0.3, -0.25) is 4.79 Å². The van der Waals surface area contributed by atoms with Crippen molar-refractivity contribution in [2.45, 2.75) is 25.3 Å². The monoisotopic (exact) mass is 375 g/mol. The van der Waals surface area contributed by atoms with Gasteiger partial charge in [-0.25, -0.2) is 0 Å². The smallest absolute Gasteiger partial charge is 0.227 e. The molecule has 4 nitrogen and oxygen atoms in total. The molecule has 4 heteroatoms. The van der Waals surface area contributed by atoms with E-state index in [4.69, 9.17) is 9.47 Å². The fraction of sp³-hybridized carbons (Fsp3) is 0.292. The van der Waals surface area contributed by atoms with Crippen LogP contribution in [0.1, 0.15) is 30.0 Å². The number of benzene rings is 3. The molecule has 144 valence electrons. The second-order valence-corrected chi connectivity index (χ2v) is 7.21. The number of likely N-dealkylation sites (tertiary alicyclic amines) is 1. The molecule has 1 aliphatic heterocycles. The Morgan fingerprint density at radius 1 is 1.00 bits per heavy atom. The van der Waals surface area contributed by atoms with E-state index in [1.165, 1.54) is 10.8 Å². The average molecular weight is 375 g/mol. The Morgan fingerprint density at radius 2 is 1.82 bits per heavy atom. The molecule has 1 atom stereocenters. The number of hydrogen-bond donors (Lipinski definition) is 0. The minimum atomic E-state index is 0.0498. The van der Waals surface area contributed by atoms with E-state index in [-0.39, 0.29) is 11.9 Å². The number of ether oxygens (including phenoxy) is 2. The van der Waals surface area contributed by atoms with Crippen molar-refractivity contribution >= 4 is 16.7 Å². The molecule has 0 aromatic heterocycles. The fourth-order valence-electron chi connectivity index (χ4n) is 4.11. The van der Waals surface area contributed by atoms with Gasteiger partial charge in [-0.1, -0.05) is 42.5 Å². The Kier molecular flexibility index (Phi) is 5.20. The van der Waals surface area contributed by atoms with Gasteiger partial charge in [-0.2, -0.15) is 0 Å². The van der Waals surface area contributed by atoms with Gasteiger partial charge in [0.1, 0.15) is 11.5 Å². The minimum Gasteiger partial charge on any atom is -0.497 e. The molecule has 3 aromatic rings. The summed E-state index contributed by atoms with van der Waals surface area (Å²) in [5, 5.41) is 2.36. The lowest BCUT2D eigenvalue weighted by molar-refractivity contribution is -0.131. The van der Waals surface area contributed by atoms with Crippen LogP contribution in [0.25, 0.3) is 10.8 Å². The maximum atomic E-state index is 13.1. The lowest BCUT2D eigenvalue weighted by Gasteiger charge is -2.26. The van der Waals surface area contributed by atoms with Gasteiger partial charge in [0.05, 0.1) is 26.7 Å². The highest BCUT2D eigenvalue weighted by Crippen LogP contribution is 2.39. The number of nitrogens with zero attached hydrogens (tertiary/aromatic N) is 1. The summed E-state index contributed by atoms with van der Waals surface area (Å²) in [6.45, 7) is 0.784. The fourth-order valence-corrected chi connectivity index (χ4v) is 4.11. The van der Waals surface area contributed by atoms with Crippen molar-refractivity contribution in [2.75, 3.05) is 20.8 Å². The van der Waals surface area contributed by atoms with Crippen LogP contribution in [0.15, 0.2) is 60.7 Å². The van der Waals surface area contributed by atoms with Crippen molar-refractivity contribution in [2.24, 2.45) is 0 Å². The van der Waals surface area contributed by atoms with E-state index in [2.05, 4.69) is 30.3 Å². The molecule has 1 heterocycles. The van der Waals surface area contributed by atoms with Crippen LogP contribution < -0.4 is 9.47 Å². The Balaban J connectivity index is 1.56. The zero-order valence-electron chi connectivity index (χ0n) is 16.4. The molecule has 0 radical (unpaired) electrons. The van der Waals surface area contributed by atoms with Crippen LogP contribution in [0, 0.1) is 0 Å². The van der Waals surface area contributed by atoms with Gasteiger partial charge < -0.3 is 14.4 Å². The molecule has 1 amide bonds. The van der Waals surface area contributed by atoms with Gasteiger partial charge >= 0.3 is 0 Å². The van der Waals surface area contributed by atoms with E-state index in [1.54, 1.807) is 14.2 Å². The van der Waals surface area contributed by atoms with Gasteiger partial charge in [0.2, 0.25) is 5.91 Å². The largest absolute Gasteiger partial charge is 0.497 e. The summed E-state index contributed by atoms with van der Waals surface area (Å²) in [7, 11) is 3.30. The zero-order valence-corrected chi connectivity index (χ0v) is 16.4. The van der Waals surface area contributed by atoms with Gasteiger partial charge in [-0.15, -0.1) is 0 Å². The van der Waals surface area contributed by atoms with Crippen molar-refractivity contribution in [3.63, 3.8) is 0 Å². The summed E-state index contributed by atoms with van der Waals surface area (Å²) >= 11 is 0. The quantitative estimate of drug-likeness (QED) is 0.645. The van der Waals surface area contributed by atoms with E-state index in [0.717, 1.165) is 42.0 Å². The lowest BCUT2D eigenvalue weighted by atomic mass is 10.0. The highest BCUT2D eigenvalue weighted by molar-refractivity contribution is 5.85. The summed E-state index contributed by atoms with van der Waals surface area (Å²) < 4.78 is 10.9. The van der Waals surface area contributed by atoms with Gasteiger partial charge in [-0.05, 0) is 41.3 Å². The van der Waals surface area contributed by atoms with Crippen LogP contribution in [0.5, 0.6) is 11.5 Å². The molecule has 4 rings (SSSR count). The Bertz CT molecular complexity index is 998. The molecule has 1 fully saturated rings. The number of rotatable bonds is 5. The van der Waals surface area contributed by atoms with E-state index >= 15 is 0 Å². The van der Waals surface area contributed by atoms with Crippen molar-refractivity contribution < 1.29 is 14.3 Å². The predicted octanol–water partition coefficient (Wildman–Crippen LogP) is 4.76. The number of carbonyl (C=O) groups is 1. The minimum absolute atomic E-state index is 0.0498. The summed E-state index contributed by atoms with van der Waals surface area (Å²) in [5.41, 5.74) is 2.10. The number of amides is 1. The zero-order chi connectivity index (χ0) is 19.5. The number of methoxy groups -OCH3 is 2. The third-order valence-corrected chi connectivity index (χ3v) is 5.54. The van der Waals surface area contributed by atoms with Crippen molar-refractivity contribution in [3.05, 3.63) is 71.8 Å². The highest BCUT2D eigenvalue weighted by Gasteiger charge is 2.31. The maximum Gasteiger partial charge on any atom is 0.227 e. The molecule has 0 bridgehead atoms.